The molecule has 0 radical (unpaired) electrons. The summed E-state index contributed by atoms with van der Waals surface area (Å²) < 4.78 is 3.97. The van der Waals surface area contributed by atoms with Crippen LogP contribution in [0.2, 0.25) is 0 Å². The molecule has 0 spiro atoms. The summed E-state index contributed by atoms with van der Waals surface area (Å²) in [4.78, 5) is 68.6. The van der Waals surface area contributed by atoms with Gasteiger partial charge in [-0.1, -0.05) is 34.6 Å². The van der Waals surface area contributed by atoms with Gasteiger partial charge in [0.1, 0.15) is 0 Å². The van der Waals surface area contributed by atoms with Crippen molar-refractivity contribution in [1.82, 2.24) is 15.1 Å². The van der Waals surface area contributed by atoms with Crippen LogP contribution in [0, 0.1) is 23.7 Å². The van der Waals surface area contributed by atoms with E-state index in [1.54, 1.807) is 0 Å². The first-order valence-corrected chi connectivity index (χ1v) is 11.9. The van der Waals surface area contributed by atoms with Crippen LogP contribution in [0.25, 0.3) is 0 Å². The number of carbonyl (C=O) groups excluding carboxylic acids is 6. The number of likely N-dealkylation sites (tertiary alicyclic amines) is 2. The number of amides is 4. The molecule has 196 valence electrons. The number of hydrogen-bond acceptors (Lipinski definition) is 9. The lowest BCUT2D eigenvalue weighted by Crippen LogP contribution is -2.37. The Bertz CT molecular complexity index is 821. The van der Waals surface area contributed by atoms with E-state index in [1.165, 1.54) is 4.90 Å². The molecule has 4 amide bonds. The van der Waals surface area contributed by atoms with Crippen molar-refractivity contribution in [3.63, 3.8) is 0 Å². The van der Waals surface area contributed by atoms with Gasteiger partial charge in [-0.15, -0.1) is 0 Å². The zero-order valence-corrected chi connectivity index (χ0v) is 21.1. The molecule has 11 nitrogen and oxygen atoms in total. The molecule has 0 aliphatic carbocycles. The van der Waals surface area contributed by atoms with E-state index >= 15 is 0 Å². The first kappa shape index (κ1) is 30.1. The van der Waals surface area contributed by atoms with E-state index in [-0.39, 0.29) is 60.5 Å². The number of esters is 2. The van der Waals surface area contributed by atoms with Gasteiger partial charge in [0.25, 0.3) is 0 Å². The molecule has 3 aliphatic rings. The molecule has 2 atom stereocenters. The lowest BCUT2D eigenvalue weighted by atomic mass is 9.94. The van der Waals surface area contributed by atoms with E-state index in [1.807, 2.05) is 34.6 Å². The number of β-amino-alcohol motifs (C(OH)–C–C–N with tert-alkyl or cyclic N) is 1. The first-order chi connectivity index (χ1) is 16.4. The summed E-state index contributed by atoms with van der Waals surface area (Å²) in [6.45, 7) is 11.9. The minimum absolute atomic E-state index is 0.00732. The number of ether oxygens (including phenoxy) is 1. The molecular weight excluding hydrogens is 458 g/mol. The standard InChI is InChI=1S/C11H20N2O2.C9H15NO3.C4H2O3/c1-4-12-5-6-13-10(14)7-9(8(2)3)11(13)15;1-6(2)7-5-8(12)10(3-4-11)9(7)13;5-3-1-2-4(6)7-3/h8-9,12H,4-7H2,1-3H3;6-7,11H,3-5H2,1-2H3;1-2H. The van der Waals surface area contributed by atoms with Crippen LogP contribution in [0.15, 0.2) is 12.2 Å². The Balaban J connectivity index is 0.000000278. The number of nitrogens with one attached hydrogen (secondary N) is 1. The van der Waals surface area contributed by atoms with Gasteiger partial charge in [-0.2, -0.15) is 0 Å². The van der Waals surface area contributed by atoms with Crippen molar-refractivity contribution < 1.29 is 38.6 Å². The molecule has 11 heteroatoms. The normalized spacial score (nSPS) is 21.6. The Morgan fingerprint density at radius 3 is 1.57 bits per heavy atom. The van der Waals surface area contributed by atoms with Crippen molar-refractivity contribution in [3.8, 4) is 0 Å². The van der Waals surface area contributed by atoms with Crippen LogP contribution >= 0.6 is 0 Å². The first-order valence-electron chi connectivity index (χ1n) is 11.9. The maximum Gasteiger partial charge on any atom is 0.338 e. The van der Waals surface area contributed by atoms with Gasteiger partial charge >= 0.3 is 11.9 Å². The minimum Gasteiger partial charge on any atom is -0.395 e. The highest BCUT2D eigenvalue weighted by Crippen LogP contribution is 2.26. The molecule has 2 fully saturated rings. The van der Waals surface area contributed by atoms with Crippen LogP contribution in [-0.2, 0) is 33.5 Å². The Labute approximate surface area is 205 Å². The molecule has 3 rings (SSSR count). The SMILES string of the molecule is CC(C)C1CC(=O)N(CCO)C1=O.CCNCCN1C(=O)CC(C(C)C)C1=O.O=C1C=CC(=O)O1. The van der Waals surface area contributed by atoms with Crippen molar-refractivity contribution in [1.29, 1.82) is 0 Å². The topological polar surface area (TPSA) is 150 Å². The van der Waals surface area contributed by atoms with E-state index in [0.29, 0.717) is 25.9 Å². The van der Waals surface area contributed by atoms with Gasteiger partial charge in [-0.05, 0) is 18.4 Å². The fourth-order valence-electron chi connectivity index (χ4n) is 3.70. The van der Waals surface area contributed by atoms with Crippen LogP contribution in [0.1, 0.15) is 47.5 Å². The van der Waals surface area contributed by atoms with Gasteiger partial charge in [0.15, 0.2) is 0 Å². The number of rotatable bonds is 8. The van der Waals surface area contributed by atoms with E-state index < -0.39 is 11.9 Å². The Kier molecular flexibility index (Phi) is 12.5. The number of nitrogens with zero attached hydrogens (tertiary/aromatic N) is 2. The predicted molar refractivity (Wildman–Crippen MR) is 125 cm³/mol. The number of aliphatic hydroxyl groups is 1. The fraction of sp³-hybridized carbons (Fsp3) is 0.667. The quantitative estimate of drug-likeness (QED) is 0.209. The van der Waals surface area contributed by atoms with Gasteiger partial charge in [-0.25, -0.2) is 9.59 Å². The van der Waals surface area contributed by atoms with E-state index in [9.17, 15) is 28.8 Å². The zero-order valence-electron chi connectivity index (χ0n) is 21.1. The molecule has 0 aromatic rings. The van der Waals surface area contributed by atoms with Gasteiger partial charge in [-0.3, -0.25) is 29.0 Å². The molecule has 2 N–H and O–H groups in total. The van der Waals surface area contributed by atoms with Crippen LogP contribution in [0.5, 0.6) is 0 Å². The zero-order chi connectivity index (χ0) is 26.7. The molecule has 3 aliphatic heterocycles. The molecule has 0 saturated carbocycles. The van der Waals surface area contributed by atoms with Crippen LogP contribution < -0.4 is 5.32 Å². The highest BCUT2D eigenvalue weighted by Gasteiger charge is 2.40. The molecule has 0 aromatic heterocycles. The number of hydrogen-bond donors (Lipinski definition) is 2. The molecular formula is C24H37N3O8. The van der Waals surface area contributed by atoms with Crippen molar-refractivity contribution in [2.45, 2.75) is 47.5 Å². The summed E-state index contributed by atoms with van der Waals surface area (Å²) in [6.07, 6.45) is 2.86. The van der Waals surface area contributed by atoms with Crippen LogP contribution in [0.4, 0.5) is 0 Å². The third kappa shape index (κ3) is 8.99. The lowest BCUT2D eigenvalue weighted by molar-refractivity contribution is -0.150. The van der Waals surface area contributed by atoms with E-state index in [0.717, 1.165) is 23.6 Å². The highest BCUT2D eigenvalue weighted by atomic mass is 16.6. The highest BCUT2D eigenvalue weighted by molar-refractivity contribution is 6.05. The molecule has 0 aromatic carbocycles. The average molecular weight is 496 g/mol. The third-order valence-corrected chi connectivity index (χ3v) is 5.81. The Morgan fingerprint density at radius 1 is 0.857 bits per heavy atom. The monoisotopic (exact) mass is 495 g/mol. The Hall–Kier alpha value is -2.92. The Morgan fingerprint density at radius 2 is 1.29 bits per heavy atom. The van der Waals surface area contributed by atoms with Crippen LogP contribution in [0.3, 0.4) is 0 Å². The second-order valence-corrected chi connectivity index (χ2v) is 9.03. The second kappa shape index (κ2) is 14.5. The van der Waals surface area contributed by atoms with E-state index in [2.05, 4.69) is 10.1 Å². The number of likely N-dealkylation sites (N-methyl/N-ethyl adjacent to an activating group) is 1. The number of aliphatic hydroxyl groups excluding tert-OH is 1. The van der Waals surface area contributed by atoms with Crippen molar-refractivity contribution >= 4 is 35.6 Å². The summed E-state index contributed by atoms with van der Waals surface area (Å²) in [5.74, 6) is -1.28. The van der Waals surface area contributed by atoms with Gasteiger partial charge in [0, 0.05) is 49.9 Å². The molecule has 2 unspecified atom stereocenters. The maximum absolute atomic E-state index is 11.8. The molecule has 3 heterocycles. The van der Waals surface area contributed by atoms with Crippen molar-refractivity contribution in [2.24, 2.45) is 23.7 Å². The molecule has 2 saturated heterocycles. The summed E-state index contributed by atoms with van der Waals surface area (Å²) in [7, 11) is 0. The minimum atomic E-state index is -0.579. The van der Waals surface area contributed by atoms with Crippen molar-refractivity contribution in [3.05, 3.63) is 12.2 Å². The van der Waals surface area contributed by atoms with E-state index in [4.69, 9.17) is 5.11 Å². The molecule has 35 heavy (non-hydrogen) atoms. The summed E-state index contributed by atoms with van der Waals surface area (Å²) in [6, 6.07) is 0. The fourth-order valence-corrected chi connectivity index (χ4v) is 3.70. The maximum atomic E-state index is 11.8. The number of imide groups is 2. The lowest BCUT2D eigenvalue weighted by Gasteiger charge is -2.16. The van der Waals surface area contributed by atoms with Crippen molar-refractivity contribution in [2.75, 3.05) is 32.8 Å². The van der Waals surface area contributed by atoms with Gasteiger partial charge in [0.05, 0.1) is 13.2 Å². The average Bonchev–Trinajstić information content (AvgIpc) is 3.40. The van der Waals surface area contributed by atoms with Gasteiger partial charge < -0.3 is 15.2 Å². The smallest absolute Gasteiger partial charge is 0.338 e. The molecule has 0 bridgehead atoms. The summed E-state index contributed by atoms with van der Waals surface area (Å²) in [5, 5.41) is 11.8. The number of cyclic esters (lactones) is 2. The third-order valence-electron chi connectivity index (χ3n) is 5.81. The van der Waals surface area contributed by atoms with Crippen LogP contribution in [-0.4, -0.2) is 83.3 Å². The largest absolute Gasteiger partial charge is 0.395 e. The summed E-state index contributed by atoms with van der Waals surface area (Å²) in [5.41, 5.74) is 0. The predicted octanol–water partition coefficient (Wildman–Crippen LogP) is 0.263. The second-order valence-electron chi connectivity index (χ2n) is 9.03. The summed E-state index contributed by atoms with van der Waals surface area (Å²) >= 11 is 0. The van der Waals surface area contributed by atoms with Gasteiger partial charge in [0.2, 0.25) is 23.6 Å². The number of carbonyl (C=O) groups is 6.